The molecule has 12 aromatic rings. The van der Waals surface area contributed by atoms with E-state index in [9.17, 15) is 0 Å². The SMILES string of the molecule is c1ccc(-c2ncc(-c3c4ccccc4c(-c4cccc5c6cccc7ccc8cccc(c9ccccc9c45)c8c76)c4ccccc34)nc2-c2ccccc2)cc1. The first-order valence-corrected chi connectivity index (χ1v) is 19.9. The van der Waals surface area contributed by atoms with Crippen molar-refractivity contribution in [2.45, 2.75) is 0 Å². The highest BCUT2D eigenvalue weighted by atomic mass is 14.8. The van der Waals surface area contributed by atoms with Gasteiger partial charge in [0.1, 0.15) is 0 Å². The molecule has 0 atom stereocenters. The van der Waals surface area contributed by atoms with Gasteiger partial charge < -0.3 is 0 Å². The van der Waals surface area contributed by atoms with E-state index in [2.05, 4.69) is 188 Å². The van der Waals surface area contributed by atoms with Crippen LogP contribution in [0.4, 0.5) is 0 Å². The van der Waals surface area contributed by atoms with E-state index in [4.69, 9.17) is 9.97 Å². The van der Waals surface area contributed by atoms with Crippen molar-refractivity contribution in [3.8, 4) is 44.9 Å². The Kier molecular flexibility index (Phi) is 7.26. The summed E-state index contributed by atoms with van der Waals surface area (Å²) in [5, 5.41) is 17.3. The predicted molar refractivity (Wildman–Crippen MR) is 246 cm³/mol. The Morgan fingerprint density at radius 3 is 1.28 bits per heavy atom. The van der Waals surface area contributed by atoms with E-state index in [0.29, 0.717) is 0 Å². The van der Waals surface area contributed by atoms with Crippen LogP contribution in [0.3, 0.4) is 0 Å². The number of benzene rings is 10. The highest BCUT2D eigenvalue weighted by molar-refractivity contribution is 6.35. The number of nitrogens with zero attached hydrogens (tertiary/aromatic N) is 2. The smallest absolute Gasteiger partial charge is 0.0972 e. The molecule has 0 N–H and O–H groups in total. The number of hydrogen-bond acceptors (Lipinski definition) is 2. The molecule has 0 aliphatic rings. The van der Waals surface area contributed by atoms with Crippen LogP contribution in [-0.2, 0) is 0 Å². The quantitative estimate of drug-likeness (QED) is 0.133. The second-order valence-electron chi connectivity index (χ2n) is 15.2. The third kappa shape index (κ3) is 4.85. The van der Waals surface area contributed by atoms with Gasteiger partial charge in [0.05, 0.1) is 23.3 Å². The summed E-state index contributed by atoms with van der Waals surface area (Å²) in [7, 11) is 0. The van der Waals surface area contributed by atoms with Crippen LogP contribution >= 0.6 is 0 Å². The second-order valence-corrected chi connectivity index (χ2v) is 15.2. The maximum Gasteiger partial charge on any atom is 0.0972 e. The first kappa shape index (κ1) is 32.6. The van der Waals surface area contributed by atoms with Crippen LogP contribution in [0, 0.1) is 0 Å². The lowest BCUT2D eigenvalue weighted by Gasteiger charge is -2.20. The normalized spacial score (nSPS) is 11.8. The van der Waals surface area contributed by atoms with Gasteiger partial charge in [0, 0.05) is 16.7 Å². The zero-order chi connectivity index (χ0) is 38.2. The Labute approximate surface area is 335 Å². The van der Waals surface area contributed by atoms with Crippen molar-refractivity contribution >= 4 is 75.4 Å². The average Bonchev–Trinajstić information content (AvgIpc) is 3.30. The van der Waals surface area contributed by atoms with Gasteiger partial charge in [-0.25, -0.2) is 4.98 Å². The summed E-state index contributed by atoms with van der Waals surface area (Å²) in [5.41, 5.74) is 8.18. The van der Waals surface area contributed by atoms with Gasteiger partial charge in [-0.2, -0.15) is 0 Å². The van der Waals surface area contributed by atoms with E-state index in [1.165, 1.54) is 75.8 Å². The van der Waals surface area contributed by atoms with Crippen LogP contribution in [0.1, 0.15) is 0 Å². The molecule has 58 heavy (non-hydrogen) atoms. The van der Waals surface area contributed by atoms with Crippen LogP contribution in [0.25, 0.3) is 120 Å². The Balaban J connectivity index is 1.23. The Hall–Kier alpha value is -7.68. The molecule has 0 bridgehead atoms. The van der Waals surface area contributed by atoms with Gasteiger partial charge in [0.2, 0.25) is 0 Å². The topological polar surface area (TPSA) is 25.8 Å². The summed E-state index contributed by atoms with van der Waals surface area (Å²) >= 11 is 0. The Morgan fingerprint density at radius 1 is 0.276 bits per heavy atom. The fraction of sp³-hybridized carbons (Fsp3) is 0. The third-order valence-corrected chi connectivity index (χ3v) is 12.1. The lowest BCUT2D eigenvalue weighted by Crippen LogP contribution is -1.98. The Morgan fingerprint density at radius 2 is 0.690 bits per heavy atom. The molecule has 0 saturated carbocycles. The van der Waals surface area contributed by atoms with E-state index in [0.717, 1.165) is 44.5 Å². The molecular weight excluding hydrogens is 701 g/mol. The molecular formula is C56H34N2. The molecule has 268 valence electrons. The third-order valence-electron chi connectivity index (χ3n) is 12.1. The molecule has 11 aromatic carbocycles. The van der Waals surface area contributed by atoms with Gasteiger partial charge in [-0.05, 0) is 86.5 Å². The summed E-state index contributed by atoms with van der Waals surface area (Å²) in [6.45, 7) is 0. The van der Waals surface area contributed by atoms with E-state index in [1.54, 1.807) is 0 Å². The number of fused-ring (bicyclic) bond motifs is 7. The molecule has 2 heteroatoms. The Bertz CT molecular complexity index is 3550. The minimum absolute atomic E-state index is 0.850. The zero-order valence-corrected chi connectivity index (χ0v) is 31.5. The highest BCUT2D eigenvalue weighted by Gasteiger charge is 2.22. The van der Waals surface area contributed by atoms with E-state index in [-0.39, 0.29) is 0 Å². The van der Waals surface area contributed by atoms with Gasteiger partial charge >= 0.3 is 0 Å². The zero-order valence-electron chi connectivity index (χ0n) is 31.5. The molecule has 1 aromatic heterocycles. The first-order valence-electron chi connectivity index (χ1n) is 19.9. The average molecular weight is 735 g/mol. The highest BCUT2D eigenvalue weighted by Crippen LogP contribution is 2.48. The molecule has 1 heterocycles. The standard InChI is InChI=1S/C56H34N2/c1-3-16-37(17-4-1)55-56(38-18-5-2-6-19-38)58-49(34-57-55)54-46-26-11-9-24-43(46)53(44-25-10-12-27-47(44)54)48-31-15-30-45-42-29-14-21-36-33-32-35-20-13-28-40(50(35)51(36)42)39-22-7-8-23-41(39)52(45)48/h1-34H. The van der Waals surface area contributed by atoms with Gasteiger partial charge in [-0.3, -0.25) is 4.98 Å². The van der Waals surface area contributed by atoms with Crippen molar-refractivity contribution in [2.24, 2.45) is 0 Å². The number of hydrogen-bond donors (Lipinski definition) is 0. The fourth-order valence-electron chi connectivity index (χ4n) is 9.62. The molecule has 0 amide bonds. The molecule has 12 rings (SSSR count). The van der Waals surface area contributed by atoms with Crippen molar-refractivity contribution in [3.63, 3.8) is 0 Å². The van der Waals surface area contributed by atoms with Crippen LogP contribution in [-0.4, -0.2) is 9.97 Å². The summed E-state index contributed by atoms with van der Waals surface area (Å²) in [6, 6.07) is 72.5. The molecule has 0 aliphatic carbocycles. The van der Waals surface area contributed by atoms with Gasteiger partial charge in [0.15, 0.2) is 0 Å². The van der Waals surface area contributed by atoms with E-state index in [1.807, 2.05) is 18.3 Å². The van der Waals surface area contributed by atoms with Crippen molar-refractivity contribution in [3.05, 3.63) is 206 Å². The van der Waals surface area contributed by atoms with Crippen LogP contribution in [0.5, 0.6) is 0 Å². The minimum Gasteiger partial charge on any atom is -0.252 e. The number of aromatic nitrogens is 2. The largest absolute Gasteiger partial charge is 0.252 e. The molecule has 0 radical (unpaired) electrons. The van der Waals surface area contributed by atoms with Gasteiger partial charge in [-0.1, -0.05) is 200 Å². The molecule has 0 aliphatic heterocycles. The molecule has 0 fully saturated rings. The fourth-order valence-corrected chi connectivity index (χ4v) is 9.62. The lowest BCUT2D eigenvalue weighted by molar-refractivity contribution is 1.22. The van der Waals surface area contributed by atoms with Gasteiger partial charge in [0.25, 0.3) is 0 Å². The first-order chi connectivity index (χ1) is 28.8. The summed E-state index contributed by atoms with van der Waals surface area (Å²) in [6.07, 6.45) is 1.97. The van der Waals surface area contributed by atoms with Crippen molar-refractivity contribution in [1.29, 1.82) is 0 Å². The summed E-state index contributed by atoms with van der Waals surface area (Å²) in [5.74, 6) is 0. The van der Waals surface area contributed by atoms with Crippen molar-refractivity contribution < 1.29 is 0 Å². The summed E-state index contributed by atoms with van der Waals surface area (Å²) in [4.78, 5) is 10.7. The van der Waals surface area contributed by atoms with Crippen LogP contribution < -0.4 is 0 Å². The second kappa shape index (κ2) is 12.9. The van der Waals surface area contributed by atoms with Crippen LogP contribution in [0.2, 0.25) is 0 Å². The minimum atomic E-state index is 0.850. The summed E-state index contributed by atoms with van der Waals surface area (Å²) < 4.78 is 0. The van der Waals surface area contributed by atoms with E-state index < -0.39 is 0 Å². The molecule has 2 nitrogen and oxygen atoms in total. The van der Waals surface area contributed by atoms with Crippen molar-refractivity contribution in [2.75, 3.05) is 0 Å². The van der Waals surface area contributed by atoms with Crippen LogP contribution in [0.15, 0.2) is 206 Å². The van der Waals surface area contributed by atoms with Gasteiger partial charge in [-0.15, -0.1) is 0 Å². The lowest BCUT2D eigenvalue weighted by atomic mass is 9.84. The maximum atomic E-state index is 5.51. The molecule has 0 spiro atoms. The predicted octanol–water partition coefficient (Wildman–Crippen LogP) is 15.2. The molecule has 0 saturated heterocycles. The number of rotatable bonds is 4. The maximum absolute atomic E-state index is 5.51. The van der Waals surface area contributed by atoms with E-state index >= 15 is 0 Å². The van der Waals surface area contributed by atoms with Crippen molar-refractivity contribution in [1.82, 2.24) is 9.97 Å². The monoisotopic (exact) mass is 734 g/mol. The molecule has 0 unspecified atom stereocenters.